The predicted octanol–water partition coefficient (Wildman–Crippen LogP) is 3.51. The molecule has 1 unspecified atom stereocenters. The summed E-state index contributed by atoms with van der Waals surface area (Å²) in [4.78, 5) is 2.42. The van der Waals surface area contributed by atoms with Gasteiger partial charge in [0, 0.05) is 25.7 Å². The molecule has 2 aliphatic rings. The summed E-state index contributed by atoms with van der Waals surface area (Å²) in [5.41, 5.74) is 0.338. The van der Waals surface area contributed by atoms with E-state index < -0.39 is 17.7 Å². The van der Waals surface area contributed by atoms with E-state index in [9.17, 15) is 13.9 Å². The summed E-state index contributed by atoms with van der Waals surface area (Å²) in [6.07, 6.45) is 5.01. The van der Waals surface area contributed by atoms with Crippen molar-refractivity contribution in [3.05, 3.63) is 35.4 Å². The third-order valence-electron chi connectivity index (χ3n) is 4.42. The fourth-order valence-electron chi connectivity index (χ4n) is 2.83. The molecule has 0 saturated heterocycles. The Kier molecular flexibility index (Phi) is 4.55. The number of aliphatic hydroxyl groups is 1. The van der Waals surface area contributed by atoms with Crippen molar-refractivity contribution >= 4 is 0 Å². The highest BCUT2D eigenvalue weighted by molar-refractivity contribution is 5.20. The van der Waals surface area contributed by atoms with Crippen LogP contribution in [0.5, 0.6) is 0 Å². The lowest BCUT2D eigenvalue weighted by atomic mass is 10.1. The minimum atomic E-state index is -0.795. The Morgan fingerprint density at radius 2 is 1.52 bits per heavy atom. The van der Waals surface area contributed by atoms with Gasteiger partial charge in [-0.15, -0.1) is 0 Å². The van der Waals surface area contributed by atoms with Crippen molar-refractivity contribution in [1.82, 2.24) is 4.90 Å². The lowest BCUT2D eigenvalue weighted by Crippen LogP contribution is -2.30. The number of hydrogen-bond donors (Lipinski definition) is 1. The van der Waals surface area contributed by atoms with Gasteiger partial charge >= 0.3 is 0 Å². The zero-order valence-electron chi connectivity index (χ0n) is 12.3. The molecule has 0 aliphatic heterocycles. The van der Waals surface area contributed by atoms with E-state index in [4.69, 9.17) is 0 Å². The van der Waals surface area contributed by atoms with Crippen LogP contribution in [0.1, 0.15) is 43.8 Å². The molecule has 3 rings (SSSR count). The van der Waals surface area contributed by atoms with Crippen LogP contribution < -0.4 is 0 Å². The van der Waals surface area contributed by atoms with Gasteiger partial charge < -0.3 is 10.0 Å². The van der Waals surface area contributed by atoms with Crippen LogP contribution in [0.2, 0.25) is 0 Å². The molecule has 0 amide bonds. The van der Waals surface area contributed by atoms with E-state index in [-0.39, 0.29) is 0 Å². The monoisotopic (exact) mass is 295 g/mol. The summed E-state index contributed by atoms with van der Waals surface area (Å²) in [5.74, 6) is 0.397. The lowest BCUT2D eigenvalue weighted by molar-refractivity contribution is 0.137. The first-order valence-corrected chi connectivity index (χ1v) is 7.96. The van der Waals surface area contributed by atoms with Crippen molar-refractivity contribution in [2.24, 2.45) is 11.8 Å². The highest BCUT2D eigenvalue weighted by Crippen LogP contribution is 2.34. The topological polar surface area (TPSA) is 23.5 Å². The predicted molar refractivity (Wildman–Crippen MR) is 77.8 cm³/mol. The summed E-state index contributed by atoms with van der Waals surface area (Å²) in [6, 6.07) is 3.28. The fourth-order valence-corrected chi connectivity index (χ4v) is 2.83. The van der Waals surface area contributed by atoms with Gasteiger partial charge in [0.1, 0.15) is 11.6 Å². The number of halogens is 2. The molecule has 0 aromatic heterocycles. The number of benzene rings is 1. The Bertz CT molecular complexity index is 451. The summed E-state index contributed by atoms with van der Waals surface area (Å²) < 4.78 is 26.4. The van der Waals surface area contributed by atoms with Crippen molar-refractivity contribution in [2.45, 2.75) is 38.2 Å². The molecule has 2 aliphatic carbocycles. The van der Waals surface area contributed by atoms with Gasteiger partial charge in [0.05, 0.1) is 6.10 Å². The number of nitrogens with zero attached hydrogens (tertiary/aromatic N) is 1. The largest absolute Gasteiger partial charge is 0.388 e. The Hall–Kier alpha value is -1.00. The molecule has 116 valence electrons. The minimum absolute atomic E-state index is 0.338. The number of aliphatic hydroxyl groups excluding tert-OH is 1. The van der Waals surface area contributed by atoms with E-state index in [2.05, 4.69) is 4.90 Å². The molecule has 2 fully saturated rings. The second-order valence-corrected chi connectivity index (χ2v) is 6.65. The maximum absolute atomic E-state index is 13.2. The van der Waals surface area contributed by atoms with E-state index >= 15 is 0 Å². The molecule has 0 radical (unpaired) electrons. The molecule has 1 atom stereocenters. The normalized spacial score (nSPS) is 20.0. The zero-order chi connectivity index (χ0) is 14.8. The van der Waals surface area contributed by atoms with Crippen LogP contribution in [-0.2, 0) is 0 Å². The van der Waals surface area contributed by atoms with Gasteiger partial charge in [0.25, 0.3) is 0 Å². The Morgan fingerprint density at radius 1 is 1.00 bits per heavy atom. The minimum Gasteiger partial charge on any atom is -0.388 e. The molecule has 2 saturated carbocycles. The summed E-state index contributed by atoms with van der Waals surface area (Å²) in [5, 5.41) is 10.2. The van der Waals surface area contributed by atoms with Crippen LogP contribution in [0.4, 0.5) is 8.78 Å². The van der Waals surface area contributed by atoms with Gasteiger partial charge in [0.2, 0.25) is 0 Å². The Balaban J connectivity index is 1.53. The van der Waals surface area contributed by atoms with Crippen molar-refractivity contribution in [2.75, 3.05) is 19.6 Å². The molecule has 2 nitrogen and oxygen atoms in total. The second kappa shape index (κ2) is 6.41. The van der Waals surface area contributed by atoms with Crippen LogP contribution >= 0.6 is 0 Å². The third kappa shape index (κ3) is 4.75. The van der Waals surface area contributed by atoms with E-state index in [1.165, 1.54) is 37.8 Å². The first-order chi connectivity index (χ1) is 10.1. The maximum Gasteiger partial charge on any atom is 0.126 e. The van der Waals surface area contributed by atoms with Gasteiger partial charge in [-0.3, -0.25) is 0 Å². The first-order valence-electron chi connectivity index (χ1n) is 7.96. The van der Waals surface area contributed by atoms with Gasteiger partial charge in [0.15, 0.2) is 0 Å². The molecule has 4 heteroatoms. The summed E-state index contributed by atoms with van der Waals surface area (Å²) >= 11 is 0. The average molecular weight is 295 g/mol. The Labute approximate surface area is 124 Å². The van der Waals surface area contributed by atoms with Gasteiger partial charge in [-0.1, -0.05) is 0 Å². The van der Waals surface area contributed by atoms with Crippen LogP contribution in [-0.4, -0.2) is 29.6 Å². The lowest BCUT2D eigenvalue weighted by Gasteiger charge is -2.23. The number of rotatable bonds is 8. The van der Waals surface area contributed by atoms with E-state index in [1.807, 2.05) is 0 Å². The third-order valence-corrected chi connectivity index (χ3v) is 4.42. The highest BCUT2D eigenvalue weighted by atomic mass is 19.1. The molecule has 1 N–H and O–H groups in total. The molecule has 21 heavy (non-hydrogen) atoms. The molecule has 1 aromatic carbocycles. The SMILES string of the molecule is OC(CCN(CC1CC1)CC1CC1)c1cc(F)cc(F)c1. The van der Waals surface area contributed by atoms with Gasteiger partial charge in [-0.2, -0.15) is 0 Å². The molecular formula is C17H23F2NO. The van der Waals surface area contributed by atoms with Crippen LogP contribution in [0, 0.1) is 23.5 Å². The van der Waals surface area contributed by atoms with Crippen molar-refractivity contribution in [3.8, 4) is 0 Å². The Morgan fingerprint density at radius 3 is 2.00 bits per heavy atom. The van der Waals surface area contributed by atoms with Crippen molar-refractivity contribution in [3.63, 3.8) is 0 Å². The van der Waals surface area contributed by atoms with Crippen molar-refractivity contribution in [1.29, 1.82) is 0 Å². The smallest absolute Gasteiger partial charge is 0.126 e. The first kappa shape index (κ1) is 14.9. The summed E-state index contributed by atoms with van der Waals surface area (Å²) in [6.45, 7) is 3.02. The van der Waals surface area contributed by atoms with Gasteiger partial charge in [-0.05, 0) is 61.6 Å². The quantitative estimate of drug-likeness (QED) is 0.793. The molecule has 1 aromatic rings. The molecule has 0 heterocycles. The van der Waals surface area contributed by atoms with Crippen LogP contribution in [0.15, 0.2) is 18.2 Å². The van der Waals surface area contributed by atoms with Crippen LogP contribution in [0.25, 0.3) is 0 Å². The zero-order valence-corrected chi connectivity index (χ0v) is 12.3. The molecular weight excluding hydrogens is 272 g/mol. The van der Waals surface area contributed by atoms with Crippen LogP contribution in [0.3, 0.4) is 0 Å². The fraction of sp³-hybridized carbons (Fsp3) is 0.647. The highest BCUT2D eigenvalue weighted by Gasteiger charge is 2.29. The number of hydrogen-bond acceptors (Lipinski definition) is 2. The molecule has 0 bridgehead atoms. The standard InChI is InChI=1S/C17H23F2NO/c18-15-7-14(8-16(19)9-15)17(21)5-6-20(10-12-1-2-12)11-13-3-4-13/h7-9,12-13,17,21H,1-6,10-11H2. The van der Waals surface area contributed by atoms with Gasteiger partial charge in [-0.25, -0.2) is 8.78 Å². The van der Waals surface area contributed by atoms with E-state index in [0.717, 1.165) is 37.5 Å². The molecule has 0 spiro atoms. The van der Waals surface area contributed by atoms with Crippen molar-refractivity contribution < 1.29 is 13.9 Å². The average Bonchev–Trinajstić information content (AvgIpc) is 3.30. The maximum atomic E-state index is 13.2. The van der Waals surface area contributed by atoms with E-state index in [0.29, 0.717) is 12.0 Å². The summed E-state index contributed by atoms with van der Waals surface area (Å²) in [7, 11) is 0. The second-order valence-electron chi connectivity index (χ2n) is 6.65. The van der Waals surface area contributed by atoms with E-state index in [1.54, 1.807) is 0 Å².